The Balaban J connectivity index is 2.38. The normalized spacial score (nSPS) is 18.0. The summed E-state index contributed by atoms with van der Waals surface area (Å²) in [5.74, 6) is -0.538. The smallest absolute Gasteiger partial charge is 0.209 e. The van der Waals surface area contributed by atoms with Crippen molar-refractivity contribution in [1.82, 2.24) is 0 Å². The van der Waals surface area contributed by atoms with Crippen molar-refractivity contribution in [3.8, 4) is 18.2 Å². The molecule has 0 fully saturated rings. The molecule has 1 aliphatic rings. The molecule has 1 aromatic rings. The largest absolute Gasteiger partial charge is 0.508 e. The lowest BCUT2D eigenvalue weighted by Crippen LogP contribution is -2.39. The number of aliphatic hydroxyl groups is 1. The lowest BCUT2D eigenvalue weighted by molar-refractivity contribution is 0.206. The highest BCUT2D eigenvalue weighted by Crippen LogP contribution is 2.49. The molecule has 1 aliphatic carbocycles. The van der Waals surface area contributed by atoms with E-state index < -0.39 is 16.6 Å². The lowest BCUT2D eigenvalue weighted by Gasteiger charge is -2.37. The summed E-state index contributed by atoms with van der Waals surface area (Å²) >= 11 is 0. The maximum Gasteiger partial charge on any atom is 0.209 e. The number of hydrogen-bond acceptors (Lipinski definition) is 6. The van der Waals surface area contributed by atoms with Gasteiger partial charge in [0.15, 0.2) is 0 Å². The number of benzene rings is 1. The third-order valence-electron chi connectivity index (χ3n) is 4.26. The Kier molecular flexibility index (Phi) is 4.63. The van der Waals surface area contributed by atoms with Crippen molar-refractivity contribution in [2.75, 3.05) is 5.43 Å². The van der Waals surface area contributed by atoms with E-state index in [1.54, 1.807) is 19.9 Å². The first-order valence-corrected chi connectivity index (χ1v) is 7.56. The second-order valence-electron chi connectivity index (χ2n) is 6.37. The predicted molar refractivity (Wildman–Crippen MR) is 94.1 cm³/mol. The second kappa shape index (κ2) is 6.51. The number of hydrogen-bond donors (Lipinski definition) is 2. The molecule has 0 aromatic heterocycles. The monoisotopic (exact) mass is 331 g/mol. The third-order valence-corrected chi connectivity index (χ3v) is 4.26. The van der Waals surface area contributed by atoms with Gasteiger partial charge in [-0.1, -0.05) is 37.6 Å². The molecule has 6 nitrogen and oxygen atoms in total. The molecule has 0 unspecified atom stereocenters. The van der Waals surface area contributed by atoms with Crippen LogP contribution in [0, 0.1) is 51.7 Å². The van der Waals surface area contributed by atoms with Crippen LogP contribution in [0.5, 0.6) is 0 Å². The van der Waals surface area contributed by atoms with Gasteiger partial charge in [0.25, 0.3) is 0 Å². The van der Waals surface area contributed by atoms with Gasteiger partial charge in [0.1, 0.15) is 17.4 Å². The lowest BCUT2D eigenvalue weighted by atomic mass is 9.61. The van der Waals surface area contributed by atoms with Crippen LogP contribution in [0.25, 0.3) is 0 Å². The Hall–Kier alpha value is -3.56. The number of nitrogens with one attached hydrogen (secondary N) is 1. The molecule has 0 saturated heterocycles. The van der Waals surface area contributed by atoms with Crippen molar-refractivity contribution < 1.29 is 5.11 Å². The minimum atomic E-state index is -1.81. The molecule has 2 rings (SSSR count). The highest BCUT2D eigenvalue weighted by Gasteiger charge is 2.53. The van der Waals surface area contributed by atoms with Crippen LogP contribution in [0.2, 0.25) is 0 Å². The molecule has 0 amide bonds. The second-order valence-corrected chi connectivity index (χ2v) is 6.37. The van der Waals surface area contributed by atoms with Crippen LogP contribution in [0.1, 0.15) is 19.4 Å². The average Bonchev–Trinajstić information content (AvgIpc) is 2.57. The van der Waals surface area contributed by atoms with Crippen LogP contribution in [-0.2, 0) is 0 Å². The number of nitrogens with zero attached hydrogens (tertiary/aromatic N) is 4. The van der Waals surface area contributed by atoms with Crippen LogP contribution in [0.15, 0.2) is 52.3 Å². The van der Waals surface area contributed by atoms with Crippen molar-refractivity contribution >= 4 is 11.9 Å². The molecule has 2 N–H and O–H groups in total. The summed E-state index contributed by atoms with van der Waals surface area (Å²) in [6.07, 6.45) is 3.01. The number of anilines is 1. The molecular formula is C19H17N5O. The predicted octanol–water partition coefficient (Wildman–Crippen LogP) is 3.73. The van der Waals surface area contributed by atoms with Crippen LogP contribution < -0.4 is 5.43 Å². The zero-order chi connectivity index (χ0) is 18.7. The molecule has 124 valence electrons. The number of hydrazone groups is 1. The molecule has 0 saturated carbocycles. The van der Waals surface area contributed by atoms with Crippen molar-refractivity contribution in [3.05, 3.63) is 52.8 Å². The van der Waals surface area contributed by atoms with Crippen molar-refractivity contribution in [2.45, 2.75) is 20.8 Å². The summed E-state index contributed by atoms with van der Waals surface area (Å²) in [4.78, 5) is 0. The molecule has 0 radical (unpaired) electrons. The van der Waals surface area contributed by atoms with E-state index in [-0.39, 0.29) is 5.57 Å². The van der Waals surface area contributed by atoms with Crippen LogP contribution >= 0.6 is 0 Å². The molecule has 25 heavy (non-hydrogen) atoms. The van der Waals surface area contributed by atoms with E-state index in [9.17, 15) is 20.9 Å². The molecular weight excluding hydrogens is 314 g/mol. The van der Waals surface area contributed by atoms with E-state index in [2.05, 4.69) is 10.5 Å². The quantitative estimate of drug-likeness (QED) is 0.646. The van der Waals surface area contributed by atoms with E-state index in [0.717, 1.165) is 11.3 Å². The number of rotatable bonds is 3. The summed E-state index contributed by atoms with van der Waals surface area (Å²) < 4.78 is 0. The van der Waals surface area contributed by atoms with E-state index in [1.807, 2.05) is 49.4 Å². The molecule has 0 bridgehead atoms. The highest BCUT2D eigenvalue weighted by molar-refractivity contribution is 5.88. The van der Waals surface area contributed by atoms with Gasteiger partial charge in [-0.25, -0.2) is 0 Å². The Morgan fingerprint density at radius 1 is 1.12 bits per heavy atom. The maximum atomic E-state index is 10.4. The Bertz CT molecular complexity index is 885. The number of aliphatic hydroxyl groups excluding tert-OH is 1. The van der Waals surface area contributed by atoms with Crippen molar-refractivity contribution in [3.63, 3.8) is 0 Å². The van der Waals surface area contributed by atoms with Gasteiger partial charge in [-0.15, -0.1) is 0 Å². The van der Waals surface area contributed by atoms with Crippen LogP contribution in [0.4, 0.5) is 5.69 Å². The maximum absolute atomic E-state index is 10.4. The molecule has 0 heterocycles. The minimum Gasteiger partial charge on any atom is -0.508 e. The van der Waals surface area contributed by atoms with Gasteiger partial charge in [-0.05, 0) is 19.1 Å². The van der Waals surface area contributed by atoms with E-state index in [4.69, 9.17) is 0 Å². The van der Waals surface area contributed by atoms with Crippen LogP contribution in [0.3, 0.4) is 0 Å². The Morgan fingerprint density at radius 2 is 1.72 bits per heavy atom. The fraction of sp³-hybridized carbons (Fsp3) is 0.263. The van der Waals surface area contributed by atoms with Crippen LogP contribution in [-0.4, -0.2) is 11.3 Å². The first kappa shape index (κ1) is 17.8. The zero-order valence-corrected chi connectivity index (χ0v) is 14.2. The number of aryl methyl sites for hydroxylation is 1. The summed E-state index contributed by atoms with van der Waals surface area (Å²) in [6, 6.07) is 13.2. The van der Waals surface area contributed by atoms with E-state index in [0.29, 0.717) is 5.57 Å². The molecule has 0 aliphatic heterocycles. The van der Waals surface area contributed by atoms with Gasteiger partial charge in [-0.2, -0.15) is 20.9 Å². The summed E-state index contributed by atoms with van der Waals surface area (Å²) in [6.45, 7) is 5.29. The fourth-order valence-electron chi connectivity index (χ4n) is 2.64. The van der Waals surface area contributed by atoms with Gasteiger partial charge in [0.2, 0.25) is 5.41 Å². The van der Waals surface area contributed by atoms with Gasteiger partial charge < -0.3 is 5.11 Å². The van der Waals surface area contributed by atoms with Crippen molar-refractivity contribution in [1.29, 1.82) is 15.8 Å². The minimum absolute atomic E-state index is 0.128. The average molecular weight is 331 g/mol. The zero-order valence-electron chi connectivity index (χ0n) is 14.2. The van der Waals surface area contributed by atoms with Crippen molar-refractivity contribution in [2.24, 2.45) is 15.9 Å². The molecule has 6 heteroatoms. The molecule has 0 spiro atoms. The SMILES string of the molecule is Cc1ccc(NN=CC2=CC(C)(C)C(C#N)(C#N)C(O)=C2C#N)cc1. The summed E-state index contributed by atoms with van der Waals surface area (Å²) in [5, 5.41) is 42.8. The Morgan fingerprint density at radius 3 is 2.24 bits per heavy atom. The van der Waals surface area contributed by atoms with Gasteiger partial charge in [-0.3, -0.25) is 5.43 Å². The first-order valence-electron chi connectivity index (χ1n) is 7.56. The highest BCUT2D eigenvalue weighted by atomic mass is 16.3. The number of allylic oxidation sites excluding steroid dienone is 4. The van der Waals surface area contributed by atoms with E-state index >= 15 is 0 Å². The van der Waals surface area contributed by atoms with Gasteiger partial charge in [0.05, 0.1) is 24.0 Å². The first-order chi connectivity index (χ1) is 11.8. The fourth-order valence-corrected chi connectivity index (χ4v) is 2.64. The standard InChI is InChI=1S/C19H17N5O/c1-13-4-6-15(7-5-13)24-23-10-14-8-18(2,3)19(11-21,12-22)17(25)16(14)9-20/h4-8,10,24-25H,1-3H3. The van der Waals surface area contributed by atoms with Gasteiger partial charge in [0, 0.05) is 11.0 Å². The Labute approximate surface area is 146 Å². The van der Waals surface area contributed by atoms with E-state index in [1.165, 1.54) is 6.21 Å². The molecule has 0 atom stereocenters. The summed E-state index contributed by atoms with van der Waals surface area (Å²) in [7, 11) is 0. The molecule has 1 aromatic carbocycles. The number of nitriles is 3. The third kappa shape index (κ3) is 2.96. The van der Waals surface area contributed by atoms with Gasteiger partial charge >= 0.3 is 0 Å². The summed E-state index contributed by atoms with van der Waals surface area (Å²) in [5.41, 5.74) is 2.16. The topological polar surface area (TPSA) is 116 Å².